The predicted molar refractivity (Wildman–Crippen MR) is 32.4 cm³/mol. The van der Waals surface area contributed by atoms with Gasteiger partial charge >= 0.3 is 5.97 Å². The van der Waals surface area contributed by atoms with Gasteiger partial charge in [-0.15, -0.1) is 0 Å². The molecule has 0 radical (unpaired) electrons. The summed E-state index contributed by atoms with van der Waals surface area (Å²) in [5.74, 6) is -0.726. The van der Waals surface area contributed by atoms with E-state index in [9.17, 15) is 9.59 Å². The van der Waals surface area contributed by atoms with Crippen LogP contribution in [0.15, 0.2) is 0 Å². The normalized spacial score (nSPS) is 48.8. The van der Waals surface area contributed by atoms with E-state index in [2.05, 4.69) is 0 Å². The van der Waals surface area contributed by atoms with E-state index < -0.39 is 11.4 Å². The first kappa shape index (κ1) is 5.89. The molecule has 3 aliphatic rings. The third kappa shape index (κ3) is 0.394. The maximum absolute atomic E-state index is 10.5. The maximum Gasteiger partial charge on any atom is 0.309 e. The highest BCUT2D eigenvalue weighted by atomic mass is 16.4. The number of hydrogen-bond donors (Lipinski definition) is 1. The lowest BCUT2D eigenvalue weighted by Crippen LogP contribution is -2.66. The Morgan fingerprint density at radius 1 is 1.40 bits per heavy atom. The van der Waals surface area contributed by atoms with Crippen molar-refractivity contribution in [3.8, 4) is 0 Å². The minimum Gasteiger partial charge on any atom is -0.481 e. The smallest absolute Gasteiger partial charge is 0.309 e. The summed E-state index contributed by atoms with van der Waals surface area (Å²) in [5.41, 5.74) is -0.695. The molecular weight excluding hydrogens is 132 g/mol. The third-order valence-corrected chi connectivity index (χ3v) is 2.78. The van der Waals surface area contributed by atoms with Crippen molar-refractivity contribution in [3.05, 3.63) is 0 Å². The van der Waals surface area contributed by atoms with Gasteiger partial charge in [0.15, 0.2) is 0 Å². The lowest BCUT2D eigenvalue weighted by atomic mass is 9.36. The van der Waals surface area contributed by atoms with Crippen LogP contribution in [-0.2, 0) is 9.59 Å². The molecule has 3 nitrogen and oxygen atoms in total. The van der Waals surface area contributed by atoms with Crippen LogP contribution in [0.1, 0.15) is 19.3 Å². The number of carboxylic acid groups (broad SMARTS) is 1. The first-order valence-electron chi connectivity index (χ1n) is 3.32. The molecule has 54 valence electrons. The summed E-state index contributed by atoms with van der Waals surface area (Å²) < 4.78 is 0. The molecule has 0 atom stereocenters. The Bertz CT molecular complexity index is 199. The second-order valence-corrected chi connectivity index (χ2v) is 3.60. The van der Waals surface area contributed by atoms with E-state index in [-0.39, 0.29) is 5.41 Å². The molecule has 0 amide bonds. The zero-order chi connectivity index (χ0) is 7.41. The molecule has 0 aromatic rings. The summed E-state index contributed by atoms with van der Waals surface area (Å²) in [5, 5.41) is 8.62. The van der Waals surface area contributed by atoms with Crippen LogP contribution in [-0.4, -0.2) is 17.4 Å². The van der Waals surface area contributed by atoms with Gasteiger partial charge in [0, 0.05) is 5.41 Å². The first-order valence-corrected chi connectivity index (χ1v) is 3.32. The summed E-state index contributed by atoms with van der Waals surface area (Å²) in [7, 11) is 0. The average molecular weight is 140 g/mol. The SMILES string of the molecule is O=CC12CC(C(=O)O)(C1)C2. The van der Waals surface area contributed by atoms with Crippen molar-refractivity contribution in [3.63, 3.8) is 0 Å². The average Bonchev–Trinajstić information content (AvgIpc) is 1.57. The molecule has 10 heavy (non-hydrogen) atoms. The molecule has 0 aromatic heterocycles. The number of hydrogen-bond acceptors (Lipinski definition) is 2. The molecule has 3 heteroatoms. The van der Waals surface area contributed by atoms with Gasteiger partial charge in [-0.1, -0.05) is 0 Å². The van der Waals surface area contributed by atoms with Crippen molar-refractivity contribution in [2.75, 3.05) is 0 Å². The molecule has 2 bridgehead atoms. The quantitative estimate of drug-likeness (QED) is 0.566. The number of aldehydes is 1. The molecule has 1 N–H and O–H groups in total. The lowest BCUT2D eigenvalue weighted by molar-refractivity contribution is -0.212. The highest BCUT2D eigenvalue weighted by Crippen LogP contribution is 2.72. The standard InChI is InChI=1S/C7H8O3/c8-4-6-1-7(2-6,3-6)5(9)10/h4H,1-3H2,(H,9,10). The fraction of sp³-hybridized carbons (Fsp3) is 0.714. The van der Waals surface area contributed by atoms with Gasteiger partial charge in [-0.05, 0) is 19.3 Å². The number of aliphatic carboxylic acids is 1. The van der Waals surface area contributed by atoms with Crippen molar-refractivity contribution < 1.29 is 14.7 Å². The topological polar surface area (TPSA) is 54.4 Å². The summed E-state index contributed by atoms with van der Waals surface area (Å²) in [6.07, 6.45) is 2.66. The van der Waals surface area contributed by atoms with E-state index in [4.69, 9.17) is 5.11 Å². The molecule has 0 saturated heterocycles. The van der Waals surface area contributed by atoms with Gasteiger partial charge in [0.25, 0.3) is 0 Å². The minimum absolute atomic E-state index is 0.210. The van der Waals surface area contributed by atoms with Crippen LogP contribution in [0.3, 0.4) is 0 Å². The van der Waals surface area contributed by atoms with E-state index >= 15 is 0 Å². The molecule has 0 heterocycles. The van der Waals surface area contributed by atoms with E-state index in [1.165, 1.54) is 0 Å². The van der Waals surface area contributed by atoms with Gasteiger partial charge in [0.2, 0.25) is 0 Å². The maximum atomic E-state index is 10.5. The van der Waals surface area contributed by atoms with Crippen molar-refractivity contribution in [2.45, 2.75) is 19.3 Å². The zero-order valence-corrected chi connectivity index (χ0v) is 5.46. The molecule has 0 unspecified atom stereocenters. The Morgan fingerprint density at radius 3 is 2.20 bits per heavy atom. The molecule has 3 fully saturated rings. The Hall–Kier alpha value is -0.860. The Labute approximate surface area is 58.0 Å². The Morgan fingerprint density at radius 2 is 1.90 bits per heavy atom. The highest BCUT2D eigenvalue weighted by Gasteiger charge is 2.72. The van der Waals surface area contributed by atoms with Crippen molar-refractivity contribution in [1.29, 1.82) is 0 Å². The number of carboxylic acids is 1. The third-order valence-electron chi connectivity index (χ3n) is 2.78. The van der Waals surface area contributed by atoms with E-state index in [1.54, 1.807) is 0 Å². The van der Waals surface area contributed by atoms with Gasteiger partial charge in [0.1, 0.15) is 6.29 Å². The van der Waals surface area contributed by atoms with Crippen LogP contribution in [0.25, 0.3) is 0 Å². The summed E-state index contributed by atoms with van der Waals surface area (Å²) >= 11 is 0. The van der Waals surface area contributed by atoms with E-state index in [0.29, 0.717) is 19.3 Å². The molecule has 0 aliphatic heterocycles. The fourth-order valence-corrected chi connectivity index (χ4v) is 2.22. The molecular formula is C7H8O3. The molecule has 0 aromatic carbocycles. The van der Waals surface area contributed by atoms with Gasteiger partial charge in [-0.2, -0.15) is 0 Å². The largest absolute Gasteiger partial charge is 0.481 e. The molecule has 0 spiro atoms. The summed E-state index contributed by atoms with van der Waals surface area (Å²) in [6.45, 7) is 0. The first-order chi connectivity index (χ1) is 4.63. The van der Waals surface area contributed by atoms with Gasteiger partial charge in [0.05, 0.1) is 5.41 Å². The Kier molecular flexibility index (Phi) is 0.743. The second-order valence-electron chi connectivity index (χ2n) is 3.60. The van der Waals surface area contributed by atoms with Crippen molar-refractivity contribution in [1.82, 2.24) is 0 Å². The van der Waals surface area contributed by atoms with Gasteiger partial charge < -0.3 is 9.90 Å². The van der Waals surface area contributed by atoms with Gasteiger partial charge in [-0.3, -0.25) is 4.79 Å². The second kappa shape index (κ2) is 1.26. The van der Waals surface area contributed by atoms with Crippen LogP contribution in [0.2, 0.25) is 0 Å². The molecule has 3 saturated carbocycles. The Balaban J connectivity index is 2.10. The fourth-order valence-electron chi connectivity index (χ4n) is 2.22. The van der Waals surface area contributed by atoms with Crippen LogP contribution in [0.4, 0.5) is 0 Å². The number of rotatable bonds is 2. The van der Waals surface area contributed by atoms with Crippen LogP contribution < -0.4 is 0 Å². The molecule has 3 rings (SSSR count). The summed E-state index contributed by atoms with van der Waals surface area (Å²) in [4.78, 5) is 20.8. The van der Waals surface area contributed by atoms with Crippen molar-refractivity contribution in [2.24, 2.45) is 10.8 Å². The number of carbonyl (C=O) groups is 2. The predicted octanol–water partition coefficient (Wildman–Crippen LogP) is 0.440. The minimum atomic E-state index is -0.726. The van der Waals surface area contributed by atoms with Crippen molar-refractivity contribution >= 4 is 12.3 Å². The lowest BCUT2D eigenvalue weighted by Gasteiger charge is -2.65. The van der Waals surface area contributed by atoms with Crippen LogP contribution in [0.5, 0.6) is 0 Å². The highest BCUT2D eigenvalue weighted by molar-refractivity contribution is 5.85. The summed E-state index contributed by atoms with van der Waals surface area (Å²) in [6, 6.07) is 0. The van der Waals surface area contributed by atoms with Crippen LogP contribution >= 0.6 is 0 Å². The zero-order valence-electron chi connectivity index (χ0n) is 5.46. The van der Waals surface area contributed by atoms with Gasteiger partial charge in [-0.25, -0.2) is 0 Å². The number of carbonyl (C=O) groups excluding carboxylic acids is 1. The van der Waals surface area contributed by atoms with Crippen LogP contribution in [0, 0.1) is 10.8 Å². The van der Waals surface area contributed by atoms with E-state index in [0.717, 1.165) is 6.29 Å². The molecule has 3 aliphatic carbocycles. The monoisotopic (exact) mass is 140 g/mol. The van der Waals surface area contributed by atoms with E-state index in [1.807, 2.05) is 0 Å².